The minimum absolute atomic E-state index is 0.278. The molecule has 1 aliphatic rings. The highest BCUT2D eigenvalue weighted by Crippen LogP contribution is 2.44. The highest BCUT2D eigenvalue weighted by atomic mass is 79.9. The maximum Gasteiger partial charge on any atom is 0.130 e. The highest BCUT2D eigenvalue weighted by Gasteiger charge is 2.22. The van der Waals surface area contributed by atoms with Crippen LogP contribution in [-0.4, -0.2) is 5.11 Å². The van der Waals surface area contributed by atoms with Gasteiger partial charge >= 0.3 is 0 Å². The van der Waals surface area contributed by atoms with E-state index in [9.17, 15) is 5.11 Å². The van der Waals surface area contributed by atoms with Crippen molar-refractivity contribution in [1.29, 1.82) is 0 Å². The van der Waals surface area contributed by atoms with E-state index in [1.807, 2.05) is 12.1 Å². The van der Waals surface area contributed by atoms with Crippen LogP contribution in [0, 0.1) is 0 Å². The summed E-state index contributed by atoms with van der Waals surface area (Å²) in [6.07, 6.45) is 0.948. The lowest BCUT2D eigenvalue weighted by molar-refractivity contribution is 0.472. The third kappa shape index (κ3) is 1.90. The first-order chi connectivity index (χ1) is 10.3. The van der Waals surface area contributed by atoms with Crippen LogP contribution >= 0.6 is 15.9 Å². The van der Waals surface area contributed by atoms with E-state index >= 15 is 0 Å². The van der Waals surface area contributed by atoms with Crippen molar-refractivity contribution in [2.45, 2.75) is 6.42 Å². The van der Waals surface area contributed by atoms with Crippen LogP contribution in [0.3, 0.4) is 0 Å². The number of halogens is 1. The summed E-state index contributed by atoms with van der Waals surface area (Å²) in [6.45, 7) is 0. The Morgan fingerprint density at radius 3 is 2.19 bits per heavy atom. The molecule has 0 unspecified atom stereocenters. The SMILES string of the molecule is Oc1cccc(-c2cccc3c2Cc2ccccc2-3)c1Br. The molecule has 3 aromatic rings. The highest BCUT2D eigenvalue weighted by molar-refractivity contribution is 9.10. The predicted molar refractivity (Wildman–Crippen MR) is 89.5 cm³/mol. The maximum atomic E-state index is 9.94. The summed E-state index contributed by atoms with van der Waals surface area (Å²) in [6, 6.07) is 20.6. The largest absolute Gasteiger partial charge is 0.507 e. The molecular formula is C19H13BrO. The van der Waals surface area contributed by atoms with E-state index in [1.165, 1.54) is 27.8 Å². The molecule has 2 heteroatoms. The van der Waals surface area contributed by atoms with Gasteiger partial charge in [0.25, 0.3) is 0 Å². The second-order valence-electron chi connectivity index (χ2n) is 5.30. The summed E-state index contributed by atoms with van der Waals surface area (Å²) in [5.74, 6) is 0.278. The van der Waals surface area contributed by atoms with Crippen molar-refractivity contribution in [2.24, 2.45) is 0 Å². The van der Waals surface area contributed by atoms with Crippen molar-refractivity contribution in [2.75, 3.05) is 0 Å². The zero-order chi connectivity index (χ0) is 14.4. The summed E-state index contributed by atoms with van der Waals surface area (Å²) in [7, 11) is 0. The molecule has 0 fully saturated rings. The Bertz CT molecular complexity index is 852. The Hall–Kier alpha value is -2.06. The lowest BCUT2D eigenvalue weighted by Crippen LogP contribution is -1.89. The molecule has 0 radical (unpaired) electrons. The smallest absolute Gasteiger partial charge is 0.130 e. The fourth-order valence-electron chi connectivity index (χ4n) is 3.14. The third-order valence-electron chi connectivity index (χ3n) is 4.12. The average molecular weight is 337 g/mol. The quantitative estimate of drug-likeness (QED) is 0.493. The molecule has 0 heterocycles. The molecule has 21 heavy (non-hydrogen) atoms. The molecule has 0 atom stereocenters. The topological polar surface area (TPSA) is 20.2 Å². The number of rotatable bonds is 1. The van der Waals surface area contributed by atoms with Gasteiger partial charge < -0.3 is 5.11 Å². The van der Waals surface area contributed by atoms with Gasteiger partial charge in [0.2, 0.25) is 0 Å². The maximum absolute atomic E-state index is 9.94. The van der Waals surface area contributed by atoms with Crippen LogP contribution in [0.4, 0.5) is 0 Å². The molecule has 0 spiro atoms. The first kappa shape index (κ1) is 12.7. The van der Waals surface area contributed by atoms with E-state index in [4.69, 9.17) is 0 Å². The molecule has 1 nitrogen and oxygen atoms in total. The van der Waals surface area contributed by atoms with E-state index in [0.29, 0.717) is 0 Å². The van der Waals surface area contributed by atoms with E-state index in [1.54, 1.807) is 6.07 Å². The predicted octanol–water partition coefficient (Wildman–Crippen LogP) is 5.39. The zero-order valence-electron chi connectivity index (χ0n) is 11.3. The van der Waals surface area contributed by atoms with E-state index in [-0.39, 0.29) is 5.75 Å². The van der Waals surface area contributed by atoms with Gasteiger partial charge in [-0.25, -0.2) is 0 Å². The van der Waals surface area contributed by atoms with Crippen molar-refractivity contribution < 1.29 is 5.11 Å². The number of phenolic OH excluding ortho intramolecular Hbond substituents is 1. The summed E-state index contributed by atoms with van der Waals surface area (Å²) < 4.78 is 0.759. The number of aromatic hydroxyl groups is 1. The molecule has 1 aliphatic carbocycles. The Morgan fingerprint density at radius 2 is 1.33 bits per heavy atom. The number of phenols is 1. The normalized spacial score (nSPS) is 12.0. The van der Waals surface area contributed by atoms with Crippen molar-refractivity contribution in [1.82, 2.24) is 0 Å². The molecule has 4 rings (SSSR count). The summed E-state index contributed by atoms with van der Waals surface area (Å²) >= 11 is 3.51. The van der Waals surface area contributed by atoms with Gasteiger partial charge in [0.05, 0.1) is 4.47 Å². The first-order valence-corrected chi connectivity index (χ1v) is 7.73. The number of fused-ring (bicyclic) bond motifs is 3. The number of hydrogen-bond acceptors (Lipinski definition) is 1. The van der Waals surface area contributed by atoms with Crippen molar-refractivity contribution in [3.8, 4) is 28.0 Å². The Morgan fingerprint density at radius 1 is 0.714 bits per heavy atom. The van der Waals surface area contributed by atoms with Gasteiger partial charge in [-0.2, -0.15) is 0 Å². The van der Waals surface area contributed by atoms with Crippen molar-refractivity contribution >= 4 is 15.9 Å². The van der Waals surface area contributed by atoms with Crippen LogP contribution in [0.2, 0.25) is 0 Å². The van der Waals surface area contributed by atoms with Crippen molar-refractivity contribution in [3.05, 3.63) is 76.3 Å². The second kappa shape index (κ2) is 4.74. The monoisotopic (exact) mass is 336 g/mol. The third-order valence-corrected chi connectivity index (χ3v) is 4.95. The fraction of sp³-hybridized carbons (Fsp3) is 0.0526. The molecule has 0 amide bonds. The lowest BCUT2D eigenvalue weighted by atomic mass is 9.95. The van der Waals surface area contributed by atoms with Crippen LogP contribution < -0.4 is 0 Å². The van der Waals surface area contributed by atoms with Gasteiger partial charge in [-0.05, 0) is 61.8 Å². The summed E-state index contributed by atoms with van der Waals surface area (Å²) in [5, 5.41) is 9.94. The van der Waals surface area contributed by atoms with Gasteiger partial charge in [0.1, 0.15) is 5.75 Å². The number of hydrogen-bond donors (Lipinski definition) is 1. The van der Waals surface area contributed by atoms with Crippen molar-refractivity contribution in [3.63, 3.8) is 0 Å². The molecule has 0 saturated carbocycles. The summed E-state index contributed by atoms with van der Waals surface area (Å²) in [5.41, 5.74) is 7.57. The van der Waals surface area contributed by atoms with E-state index in [0.717, 1.165) is 16.5 Å². The molecule has 0 aliphatic heterocycles. The van der Waals surface area contributed by atoms with Gasteiger partial charge in [-0.3, -0.25) is 0 Å². The van der Waals surface area contributed by atoms with Gasteiger partial charge in [0, 0.05) is 0 Å². The minimum atomic E-state index is 0.278. The van der Waals surface area contributed by atoms with Crippen LogP contribution in [0.1, 0.15) is 11.1 Å². The Kier molecular flexibility index (Phi) is 2.86. The molecule has 1 N–H and O–H groups in total. The van der Waals surface area contributed by atoms with Crippen LogP contribution in [0.5, 0.6) is 5.75 Å². The van der Waals surface area contributed by atoms with E-state index < -0.39 is 0 Å². The van der Waals surface area contributed by atoms with E-state index in [2.05, 4.69) is 58.4 Å². The second-order valence-corrected chi connectivity index (χ2v) is 6.10. The van der Waals surface area contributed by atoms with Gasteiger partial charge in [0.15, 0.2) is 0 Å². The molecule has 0 bridgehead atoms. The molecule has 0 saturated heterocycles. The summed E-state index contributed by atoms with van der Waals surface area (Å²) in [4.78, 5) is 0. The molecular weight excluding hydrogens is 324 g/mol. The van der Waals surface area contributed by atoms with Gasteiger partial charge in [-0.15, -0.1) is 0 Å². The van der Waals surface area contributed by atoms with Crippen LogP contribution in [0.15, 0.2) is 65.1 Å². The number of benzene rings is 3. The fourth-order valence-corrected chi connectivity index (χ4v) is 3.62. The molecule has 0 aromatic heterocycles. The average Bonchev–Trinajstić information content (AvgIpc) is 2.89. The molecule has 102 valence electrons. The minimum Gasteiger partial charge on any atom is -0.507 e. The lowest BCUT2D eigenvalue weighted by Gasteiger charge is -2.11. The van der Waals surface area contributed by atoms with Gasteiger partial charge in [-0.1, -0.05) is 54.6 Å². The molecule has 3 aromatic carbocycles. The van der Waals surface area contributed by atoms with Crippen LogP contribution in [0.25, 0.3) is 22.3 Å². The Balaban J connectivity index is 1.97. The standard InChI is InChI=1S/C19H13BrO/c20-19-16(9-4-10-18(19)21)15-8-3-7-14-13-6-2-1-5-12(13)11-17(14)15/h1-10,21H,11H2. The first-order valence-electron chi connectivity index (χ1n) is 6.94. The zero-order valence-corrected chi connectivity index (χ0v) is 12.9. The Labute approximate surface area is 132 Å². The van der Waals surface area contributed by atoms with Crippen LogP contribution in [-0.2, 0) is 6.42 Å².